The first-order valence-corrected chi connectivity index (χ1v) is 10.2. The van der Waals surface area contributed by atoms with Crippen molar-refractivity contribution in [1.29, 1.82) is 5.26 Å². The fourth-order valence-electron chi connectivity index (χ4n) is 2.66. The molecule has 0 saturated carbocycles. The third-order valence-electron chi connectivity index (χ3n) is 4.02. The molecule has 0 spiro atoms. The van der Waals surface area contributed by atoms with Gasteiger partial charge in [-0.1, -0.05) is 51.1 Å². The zero-order chi connectivity index (χ0) is 22.4. The van der Waals surface area contributed by atoms with Crippen LogP contribution in [0.15, 0.2) is 30.3 Å². The monoisotopic (exact) mass is 416 g/mol. The number of carbonyl (C=O) groups excluding carboxylic acids is 3. The molecule has 2 rings (SSSR count). The van der Waals surface area contributed by atoms with E-state index >= 15 is 0 Å². The molecule has 1 aromatic rings. The van der Waals surface area contributed by atoms with Crippen LogP contribution in [0.5, 0.6) is 0 Å². The van der Waals surface area contributed by atoms with Crippen LogP contribution >= 0.6 is 0 Å². The first kappa shape index (κ1) is 25.0. The Morgan fingerprint density at radius 2 is 1.93 bits per heavy atom. The number of rotatable bonds is 7. The lowest BCUT2D eigenvalue weighted by Crippen LogP contribution is -2.44. The molecule has 1 unspecified atom stereocenters. The van der Waals surface area contributed by atoms with Gasteiger partial charge in [-0.25, -0.2) is 4.79 Å². The molecule has 0 aromatic heterocycles. The van der Waals surface area contributed by atoms with Gasteiger partial charge in [-0.2, -0.15) is 5.26 Å². The maximum atomic E-state index is 11.9. The summed E-state index contributed by atoms with van der Waals surface area (Å²) in [7, 11) is 0. The van der Waals surface area contributed by atoms with Gasteiger partial charge in [-0.3, -0.25) is 9.59 Å². The molecular formula is C22H32N4O4. The molecule has 2 atom stereocenters. The summed E-state index contributed by atoms with van der Waals surface area (Å²) in [4.78, 5) is 35.2. The Morgan fingerprint density at radius 3 is 2.53 bits per heavy atom. The second-order valence-electron chi connectivity index (χ2n) is 7.76. The highest BCUT2D eigenvalue weighted by Crippen LogP contribution is 2.17. The fourth-order valence-corrected chi connectivity index (χ4v) is 2.66. The van der Waals surface area contributed by atoms with E-state index in [-0.39, 0.29) is 31.4 Å². The molecule has 1 aliphatic heterocycles. The molecule has 30 heavy (non-hydrogen) atoms. The van der Waals surface area contributed by atoms with Gasteiger partial charge in [0.15, 0.2) is 0 Å². The van der Waals surface area contributed by atoms with Crippen molar-refractivity contribution in [2.45, 2.75) is 52.7 Å². The summed E-state index contributed by atoms with van der Waals surface area (Å²) >= 11 is 0. The number of hydrogen-bond donors (Lipinski definition) is 3. The maximum absolute atomic E-state index is 11.9. The van der Waals surface area contributed by atoms with Crippen LogP contribution in [-0.2, 0) is 20.9 Å². The largest absolute Gasteiger partial charge is 0.445 e. The van der Waals surface area contributed by atoms with E-state index in [1.165, 1.54) is 0 Å². The zero-order valence-corrected chi connectivity index (χ0v) is 17.9. The minimum Gasteiger partial charge on any atom is -0.445 e. The molecule has 1 fully saturated rings. The molecule has 3 amide bonds. The summed E-state index contributed by atoms with van der Waals surface area (Å²) in [5.41, 5.74) is 0.836. The van der Waals surface area contributed by atoms with Crippen LogP contribution in [0.3, 0.4) is 0 Å². The SMILES string of the molecule is CC(C)C.N#CC(C[C@@H]1CCCNC1=O)NC(=O)CNC(=O)OCc1ccccc1. The summed E-state index contributed by atoms with van der Waals surface area (Å²) in [5.74, 6) is -0.0460. The number of amides is 3. The molecule has 1 heterocycles. The molecule has 1 aromatic carbocycles. The standard InChI is InChI=1S/C18H22N4O4.C4H10/c19-10-15(9-14-7-4-8-20-17(14)24)22-16(23)11-21-18(25)26-12-13-5-2-1-3-6-13;1-4(2)3/h1-3,5-6,14-15H,4,7-9,11-12H2,(H,20,24)(H,21,25)(H,22,23);4H,1-3H3/t14-,15?;/m0./s1. The predicted molar refractivity (Wildman–Crippen MR) is 113 cm³/mol. The van der Waals surface area contributed by atoms with E-state index in [1.807, 2.05) is 36.4 Å². The van der Waals surface area contributed by atoms with Crippen LogP contribution in [0.1, 0.15) is 45.6 Å². The molecule has 0 radical (unpaired) electrons. The van der Waals surface area contributed by atoms with Crippen LogP contribution < -0.4 is 16.0 Å². The van der Waals surface area contributed by atoms with Crippen LogP contribution in [0, 0.1) is 23.2 Å². The van der Waals surface area contributed by atoms with Crippen molar-refractivity contribution in [2.24, 2.45) is 11.8 Å². The molecule has 8 heteroatoms. The van der Waals surface area contributed by atoms with Crippen LogP contribution in [0.2, 0.25) is 0 Å². The van der Waals surface area contributed by atoms with E-state index in [0.29, 0.717) is 13.0 Å². The molecular weight excluding hydrogens is 384 g/mol. The number of piperidine rings is 1. The van der Waals surface area contributed by atoms with Gasteiger partial charge in [0.2, 0.25) is 11.8 Å². The molecule has 0 bridgehead atoms. The molecule has 0 aliphatic carbocycles. The minimum atomic E-state index is -0.779. The third kappa shape index (κ3) is 11.1. The number of nitriles is 1. The molecule has 164 valence electrons. The Kier molecular flexibility index (Phi) is 11.6. The van der Waals surface area contributed by atoms with Crippen LogP contribution in [0.25, 0.3) is 0 Å². The summed E-state index contributed by atoms with van der Waals surface area (Å²) < 4.78 is 5.00. The van der Waals surface area contributed by atoms with Gasteiger partial charge in [-0.15, -0.1) is 0 Å². The number of nitrogens with zero attached hydrogens (tertiary/aromatic N) is 1. The highest BCUT2D eigenvalue weighted by Gasteiger charge is 2.26. The molecule has 1 aliphatic rings. The van der Waals surface area contributed by atoms with Gasteiger partial charge in [0.1, 0.15) is 19.2 Å². The summed E-state index contributed by atoms with van der Waals surface area (Å²) in [6.45, 7) is 6.95. The number of carbonyl (C=O) groups is 3. The van der Waals surface area contributed by atoms with Crippen LogP contribution in [0.4, 0.5) is 4.79 Å². The lowest BCUT2D eigenvalue weighted by Gasteiger charge is -2.23. The predicted octanol–water partition coefficient (Wildman–Crippen LogP) is 2.50. The van der Waals surface area contributed by atoms with Gasteiger partial charge in [0.25, 0.3) is 0 Å². The normalized spacial score (nSPS) is 16.2. The number of benzene rings is 1. The Labute approximate surface area is 178 Å². The molecule has 8 nitrogen and oxygen atoms in total. The number of hydrogen-bond acceptors (Lipinski definition) is 5. The second kappa shape index (κ2) is 14.0. The van der Waals surface area contributed by atoms with Gasteiger partial charge < -0.3 is 20.7 Å². The van der Waals surface area contributed by atoms with Crippen LogP contribution in [-0.4, -0.2) is 37.0 Å². The average Bonchev–Trinajstić information content (AvgIpc) is 2.72. The van der Waals surface area contributed by atoms with Crippen molar-refractivity contribution < 1.29 is 19.1 Å². The van der Waals surface area contributed by atoms with Crippen molar-refractivity contribution in [3.05, 3.63) is 35.9 Å². The Hall–Kier alpha value is -3.08. The maximum Gasteiger partial charge on any atom is 0.407 e. The Balaban J connectivity index is 0.00000103. The van der Waals surface area contributed by atoms with Crippen molar-refractivity contribution in [3.63, 3.8) is 0 Å². The van der Waals surface area contributed by atoms with Crippen molar-refractivity contribution in [1.82, 2.24) is 16.0 Å². The van der Waals surface area contributed by atoms with Gasteiger partial charge in [0.05, 0.1) is 6.07 Å². The van der Waals surface area contributed by atoms with Crippen molar-refractivity contribution in [2.75, 3.05) is 13.1 Å². The fraction of sp³-hybridized carbons (Fsp3) is 0.545. The van der Waals surface area contributed by atoms with E-state index in [9.17, 15) is 19.6 Å². The lowest BCUT2D eigenvalue weighted by molar-refractivity contribution is -0.127. The first-order valence-electron chi connectivity index (χ1n) is 10.2. The van der Waals surface area contributed by atoms with Gasteiger partial charge in [-0.05, 0) is 30.7 Å². The van der Waals surface area contributed by atoms with Gasteiger partial charge in [0, 0.05) is 12.5 Å². The van der Waals surface area contributed by atoms with E-state index in [1.54, 1.807) is 0 Å². The average molecular weight is 417 g/mol. The topological polar surface area (TPSA) is 120 Å². The van der Waals surface area contributed by atoms with Crippen molar-refractivity contribution >= 4 is 17.9 Å². The molecule has 3 N–H and O–H groups in total. The number of ether oxygens (including phenoxy) is 1. The molecule has 1 saturated heterocycles. The number of alkyl carbamates (subject to hydrolysis) is 1. The summed E-state index contributed by atoms with van der Waals surface area (Å²) in [6, 6.07) is 10.4. The van der Waals surface area contributed by atoms with E-state index in [2.05, 4.69) is 36.7 Å². The van der Waals surface area contributed by atoms with E-state index in [4.69, 9.17) is 4.74 Å². The van der Waals surface area contributed by atoms with Crippen molar-refractivity contribution in [3.8, 4) is 6.07 Å². The highest BCUT2D eigenvalue weighted by atomic mass is 16.5. The Morgan fingerprint density at radius 1 is 1.27 bits per heavy atom. The second-order valence-corrected chi connectivity index (χ2v) is 7.76. The quantitative estimate of drug-likeness (QED) is 0.631. The first-order chi connectivity index (χ1) is 14.3. The summed E-state index contributed by atoms with van der Waals surface area (Å²) in [5, 5.41) is 16.8. The lowest BCUT2D eigenvalue weighted by atomic mass is 9.92. The van der Waals surface area contributed by atoms with Gasteiger partial charge >= 0.3 is 6.09 Å². The highest BCUT2D eigenvalue weighted by molar-refractivity contribution is 5.83. The zero-order valence-electron chi connectivity index (χ0n) is 17.9. The third-order valence-corrected chi connectivity index (χ3v) is 4.02. The van der Waals surface area contributed by atoms with E-state index in [0.717, 1.165) is 17.9 Å². The minimum absolute atomic E-state index is 0.0895. The summed E-state index contributed by atoms with van der Waals surface area (Å²) in [6.07, 6.45) is 1.09. The van der Waals surface area contributed by atoms with E-state index < -0.39 is 18.0 Å². The Bertz CT molecular complexity index is 713. The smallest absolute Gasteiger partial charge is 0.407 e. The number of nitrogens with one attached hydrogen (secondary N) is 3.